The Morgan fingerprint density at radius 2 is 1.81 bits per heavy atom. The summed E-state index contributed by atoms with van der Waals surface area (Å²) in [5, 5.41) is 13.7. The largest absolute Gasteiger partial charge is 0.491 e. The minimum atomic E-state index is -0.685. The Hall–Kier alpha value is -2.69. The van der Waals surface area contributed by atoms with E-state index in [-0.39, 0.29) is 18.5 Å². The fourth-order valence-electron chi connectivity index (χ4n) is 2.92. The van der Waals surface area contributed by atoms with Crippen LogP contribution in [0, 0.1) is 5.82 Å². The maximum absolute atomic E-state index is 12.9. The van der Waals surface area contributed by atoms with Gasteiger partial charge in [-0.25, -0.2) is 4.39 Å². The molecular weight excluding hydrogens is 341 g/mol. The number of hydrogen-bond donors (Lipinski definition) is 2. The first-order valence-corrected chi connectivity index (χ1v) is 9.10. The summed E-state index contributed by atoms with van der Waals surface area (Å²) in [6.07, 6.45) is 10.7. The van der Waals surface area contributed by atoms with Gasteiger partial charge in [0.25, 0.3) is 0 Å². The molecule has 0 amide bonds. The number of allylic oxidation sites excluding steroid dienone is 4. The van der Waals surface area contributed by atoms with Crippen molar-refractivity contribution in [2.75, 3.05) is 13.2 Å². The Kier molecular flexibility index (Phi) is 6.97. The fourth-order valence-corrected chi connectivity index (χ4v) is 2.92. The molecule has 27 heavy (non-hydrogen) atoms. The van der Waals surface area contributed by atoms with E-state index in [4.69, 9.17) is 4.74 Å². The lowest BCUT2D eigenvalue weighted by molar-refractivity contribution is 0.104. The summed E-state index contributed by atoms with van der Waals surface area (Å²) < 4.78 is 18.5. The molecule has 2 aromatic rings. The molecule has 0 saturated heterocycles. The van der Waals surface area contributed by atoms with Crippen molar-refractivity contribution >= 4 is 0 Å². The molecule has 1 aliphatic rings. The van der Waals surface area contributed by atoms with E-state index >= 15 is 0 Å². The van der Waals surface area contributed by atoms with Gasteiger partial charge in [0.05, 0.1) is 6.04 Å². The summed E-state index contributed by atoms with van der Waals surface area (Å²) in [6.45, 7) is 0.510. The lowest BCUT2D eigenvalue weighted by Crippen LogP contribution is -2.34. The molecule has 0 spiro atoms. The first-order chi connectivity index (χ1) is 13.2. The van der Waals surface area contributed by atoms with Gasteiger partial charge in [-0.3, -0.25) is 0 Å². The highest BCUT2D eigenvalue weighted by Crippen LogP contribution is 2.24. The number of aliphatic hydroxyl groups excluding tert-OH is 1. The summed E-state index contributed by atoms with van der Waals surface area (Å²) >= 11 is 0. The number of benzene rings is 2. The van der Waals surface area contributed by atoms with Crippen molar-refractivity contribution < 1.29 is 14.2 Å². The van der Waals surface area contributed by atoms with E-state index in [9.17, 15) is 9.50 Å². The smallest absolute Gasteiger partial charge is 0.123 e. The van der Waals surface area contributed by atoms with Crippen LogP contribution in [0.2, 0.25) is 0 Å². The van der Waals surface area contributed by atoms with Crippen LogP contribution < -0.4 is 10.1 Å². The van der Waals surface area contributed by atoms with Gasteiger partial charge in [0, 0.05) is 6.54 Å². The van der Waals surface area contributed by atoms with Gasteiger partial charge in [-0.1, -0.05) is 60.7 Å². The van der Waals surface area contributed by atoms with Crippen LogP contribution in [0.25, 0.3) is 0 Å². The monoisotopic (exact) mass is 365 g/mol. The molecule has 3 rings (SSSR count). The van der Waals surface area contributed by atoms with Gasteiger partial charge in [-0.15, -0.1) is 0 Å². The molecular formula is C23H24FNO2. The van der Waals surface area contributed by atoms with Crippen LogP contribution in [0.3, 0.4) is 0 Å². The Balaban J connectivity index is 1.60. The van der Waals surface area contributed by atoms with Crippen LogP contribution in [0.5, 0.6) is 5.75 Å². The van der Waals surface area contributed by atoms with E-state index < -0.39 is 6.10 Å². The van der Waals surface area contributed by atoms with Crippen molar-refractivity contribution in [3.63, 3.8) is 0 Å². The predicted octanol–water partition coefficient (Wildman–Crippen LogP) is 4.34. The Bertz CT molecular complexity index is 797. The zero-order chi connectivity index (χ0) is 18.9. The minimum absolute atomic E-state index is 0.0113. The van der Waals surface area contributed by atoms with E-state index in [0.29, 0.717) is 12.3 Å². The van der Waals surface area contributed by atoms with E-state index in [1.807, 2.05) is 30.4 Å². The zero-order valence-electron chi connectivity index (χ0n) is 15.1. The minimum Gasteiger partial charge on any atom is -0.491 e. The molecule has 0 saturated carbocycles. The number of nitrogens with one attached hydrogen (secondary N) is 1. The molecule has 2 N–H and O–H groups in total. The lowest BCUT2D eigenvalue weighted by Gasteiger charge is -2.23. The number of aliphatic hydroxyl groups is 1. The van der Waals surface area contributed by atoms with Crippen molar-refractivity contribution in [3.05, 3.63) is 102 Å². The second-order valence-electron chi connectivity index (χ2n) is 6.40. The van der Waals surface area contributed by atoms with Crippen LogP contribution >= 0.6 is 0 Å². The van der Waals surface area contributed by atoms with Crippen molar-refractivity contribution in [3.8, 4) is 5.75 Å². The van der Waals surface area contributed by atoms with Crippen molar-refractivity contribution in [1.29, 1.82) is 0 Å². The van der Waals surface area contributed by atoms with Crippen LogP contribution in [0.1, 0.15) is 18.0 Å². The highest BCUT2D eigenvalue weighted by molar-refractivity contribution is 5.37. The standard InChI is InChI=1S/C23H24FNO2/c24-20-12-14-22(15-13-20)27-17-21(26)16-25-23(19-10-6-3-7-11-19)18-8-4-1-2-5-9-18/h1-4,6-15,21,23,25-26H,5,16-17H2. The third-order valence-electron chi connectivity index (χ3n) is 4.31. The molecule has 2 atom stereocenters. The summed E-state index contributed by atoms with van der Waals surface area (Å²) in [5.41, 5.74) is 2.31. The maximum Gasteiger partial charge on any atom is 0.123 e. The van der Waals surface area contributed by atoms with Crippen molar-refractivity contribution in [1.82, 2.24) is 5.32 Å². The molecule has 0 aliphatic heterocycles. The van der Waals surface area contributed by atoms with Gasteiger partial charge < -0.3 is 15.2 Å². The van der Waals surface area contributed by atoms with Crippen LogP contribution in [-0.2, 0) is 0 Å². The molecule has 0 heterocycles. The third-order valence-corrected chi connectivity index (χ3v) is 4.31. The Morgan fingerprint density at radius 1 is 1.04 bits per heavy atom. The van der Waals surface area contributed by atoms with Gasteiger partial charge in [0.2, 0.25) is 0 Å². The Morgan fingerprint density at radius 3 is 2.59 bits per heavy atom. The van der Waals surface area contributed by atoms with E-state index in [1.54, 1.807) is 12.1 Å². The van der Waals surface area contributed by atoms with Crippen LogP contribution in [0.15, 0.2) is 90.6 Å². The maximum atomic E-state index is 12.9. The normalized spacial score (nSPS) is 15.7. The highest BCUT2D eigenvalue weighted by Gasteiger charge is 2.16. The van der Waals surface area contributed by atoms with Crippen LogP contribution in [0.4, 0.5) is 4.39 Å². The Labute approximate surface area is 159 Å². The average molecular weight is 365 g/mol. The number of rotatable bonds is 8. The molecule has 3 nitrogen and oxygen atoms in total. The van der Waals surface area contributed by atoms with Gasteiger partial charge in [0.1, 0.15) is 24.3 Å². The molecule has 2 unspecified atom stereocenters. The fraction of sp³-hybridized carbons (Fsp3) is 0.217. The topological polar surface area (TPSA) is 41.5 Å². The number of ether oxygens (including phenoxy) is 1. The SMILES string of the molecule is OC(CNC(C1=CCC=CC=C1)c1ccccc1)COc1ccc(F)cc1. The summed E-state index contributed by atoms with van der Waals surface area (Å²) in [4.78, 5) is 0. The van der Waals surface area contributed by atoms with Gasteiger partial charge in [0.15, 0.2) is 0 Å². The number of hydrogen-bond acceptors (Lipinski definition) is 3. The second kappa shape index (κ2) is 9.86. The van der Waals surface area contributed by atoms with Crippen molar-refractivity contribution in [2.45, 2.75) is 18.6 Å². The molecule has 4 heteroatoms. The quantitative estimate of drug-likeness (QED) is 0.731. The third kappa shape index (κ3) is 5.91. The molecule has 2 aromatic carbocycles. The molecule has 0 radical (unpaired) electrons. The summed E-state index contributed by atoms with van der Waals surface area (Å²) in [6, 6.07) is 15.9. The molecule has 140 valence electrons. The lowest BCUT2D eigenvalue weighted by atomic mass is 9.97. The van der Waals surface area contributed by atoms with Crippen molar-refractivity contribution in [2.24, 2.45) is 0 Å². The molecule has 0 bridgehead atoms. The average Bonchev–Trinajstić information content (AvgIpc) is 2.98. The molecule has 1 aliphatic carbocycles. The van der Waals surface area contributed by atoms with Crippen LogP contribution in [-0.4, -0.2) is 24.4 Å². The van der Waals surface area contributed by atoms with E-state index in [1.165, 1.54) is 12.1 Å². The first kappa shape index (κ1) is 19.1. The number of halogens is 1. The van der Waals surface area contributed by atoms with E-state index in [0.717, 1.165) is 17.6 Å². The summed E-state index contributed by atoms with van der Waals surface area (Å²) in [7, 11) is 0. The predicted molar refractivity (Wildman–Crippen MR) is 106 cm³/mol. The first-order valence-electron chi connectivity index (χ1n) is 9.10. The molecule has 0 fully saturated rings. The second-order valence-corrected chi connectivity index (χ2v) is 6.40. The summed E-state index contributed by atoms with van der Waals surface area (Å²) in [5.74, 6) is 0.227. The van der Waals surface area contributed by atoms with Gasteiger partial charge in [-0.2, -0.15) is 0 Å². The van der Waals surface area contributed by atoms with Gasteiger partial charge in [-0.05, 0) is 41.8 Å². The van der Waals surface area contributed by atoms with Gasteiger partial charge >= 0.3 is 0 Å². The zero-order valence-corrected chi connectivity index (χ0v) is 15.1. The molecule has 0 aromatic heterocycles. The van der Waals surface area contributed by atoms with E-state index in [2.05, 4.69) is 35.7 Å². The highest BCUT2D eigenvalue weighted by atomic mass is 19.1.